The summed E-state index contributed by atoms with van der Waals surface area (Å²) in [4.78, 5) is 23.1. The van der Waals surface area contributed by atoms with Crippen molar-refractivity contribution in [3.63, 3.8) is 0 Å². The summed E-state index contributed by atoms with van der Waals surface area (Å²) >= 11 is 6.22. The first-order valence-corrected chi connectivity index (χ1v) is 9.97. The van der Waals surface area contributed by atoms with Crippen LogP contribution >= 0.6 is 11.6 Å². The number of hydrogen-bond acceptors (Lipinski definition) is 7. The number of piperidine rings is 1. The highest BCUT2D eigenvalue weighted by molar-refractivity contribution is 6.31. The molecule has 1 aromatic carbocycles. The Morgan fingerprint density at radius 3 is 2.73 bits per heavy atom. The molecule has 0 radical (unpaired) electrons. The summed E-state index contributed by atoms with van der Waals surface area (Å²) in [6.07, 6.45) is 3.01. The van der Waals surface area contributed by atoms with Gasteiger partial charge in [-0.05, 0) is 37.1 Å². The predicted molar refractivity (Wildman–Crippen MR) is 107 cm³/mol. The lowest BCUT2D eigenvalue weighted by Crippen LogP contribution is -2.40. The molecule has 0 N–H and O–H groups in total. The summed E-state index contributed by atoms with van der Waals surface area (Å²) in [5.74, 6) is -0.0549. The third-order valence-corrected chi connectivity index (χ3v) is 5.61. The van der Waals surface area contributed by atoms with Crippen LogP contribution < -0.4 is 0 Å². The Hall–Kier alpha value is -2.84. The third kappa shape index (κ3) is 4.06. The fraction of sp³-hybridized carbons (Fsp3) is 0.333. The second-order valence-electron chi connectivity index (χ2n) is 7.04. The number of likely N-dealkylation sites (tertiary alicyclic amines) is 1. The van der Waals surface area contributed by atoms with E-state index < -0.39 is 17.8 Å². The number of hydrogen-bond donors (Lipinski definition) is 0. The second kappa shape index (κ2) is 8.89. The number of halogens is 2. The van der Waals surface area contributed by atoms with Crippen molar-refractivity contribution in [3.8, 4) is 11.5 Å². The van der Waals surface area contributed by atoms with E-state index in [0.29, 0.717) is 43.3 Å². The van der Waals surface area contributed by atoms with E-state index in [1.165, 1.54) is 19.2 Å². The predicted octanol–water partition coefficient (Wildman–Crippen LogP) is 4.02. The molecule has 0 spiro atoms. The number of carbonyl (C=O) groups is 1. The number of aromatic nitrogens is 3. The Kier molecular flexibility index (Phi) is 6.06. The molecule has 1 fully saturated rings. The quantitative estimate of drug-likeness (QED) is 0.565. The van der Waals surface area contributed by atoms with Crippen LogP contribution in [0.1, 0.15) is 36.3 Å². The largest absolute Gasteiger partial charge is 0.468 e. The number of pyridine rings is 1. The van der Waals surface area contributed by atoms with Crippen LogP contribution in [0.2, 0.25) is 5.02 Å². The molecule has 0 bridgehead atoms. The molecule has 1 saturated heterocycles. The van der Waals surface area contributed by atoms with E-state index in [0.717, 1.165) is 0 Å². The average molecular weight is 431 g/mol. The van der Waals surface area contributed by atoms with Gasteiger partial charge in [-0.3, -0.25) is 9.88 Å². The van der Waals surface area contributed by atoms with Gasteiger partial charge in [0.1, 0.15) is 17.6 Å². The summed E-state index contributed by atoms with van der Waals surface area (Å²) < 4.78 is 24.9. The molecule has 2 aromatic heterocycles. The van der Waals surface area contributed by atoms with Gasteiger partial charge in [0.15, 0.2) is 0 Å². The van der Waals surface area contributed by atoms with Crippen molar-refractivity contribution in [1.29, 1.82) is 0 Å². The van der Waals surface area contributed by atoms with E-state index in [2.05, 4.69) is 15.1 Å². The minimum absolute atomic E-state index is 0.0422. The number of methoxy groups -OCH3 is 1. The van der Waals surface area contributed by atoms with Gasteiger partial charge < -0.3 is 9.26 Å². The second-order valence-corrected chi connectivity index (χ2v) is 7.45. The first-order chi connectivity index (χ1) is 14.6. The molecule has 3 heterocycles. The zero-order valence-corrected chi connectivity index (χ0v) is 17.1. The molecule has 9 heteroatoms. The highest BCUT2D eigenvalue weighted by Crippen LogP contribution is 2.36. The maximum absolute atomic E-state index is 14.5. The summed E-state index contributed by atoms with van der Waals surface area (Å²) in [7, 11) is 1.29. The Balaban J connectivity index is 1.50. The van der Waals surface area contributed by atoms with Gasteiger partial charge in [-0.25, -0.2) is 9.18 Å². The number of nitrogens with zero attached hydrogens (tertiary/aromatic N) is 4. The lowest BCUT2D eigenvalue weighted by Gasteiger charge is -2.35. The molecule has 0 unspecified atom stereocenters. The Morgan fingerprint density at radius 2 is 2.07 bits per heavy atom. The topological polar surface area (TPSA) is 81.4 Å². The van der Waals surface area contributed by atoms with Crippen molar-refractivity contribution in [2.45, 2.75) is 24.8 Å². The van der Waals surface area contributed by atoms with Gasteiger partial charge in [0.2, 0.25) is 11.7 Å². The normalized spacial score (nSPS) is 16.4. The Bertz CT molecular complexity index is 1000. The molecule has 7 nitrogen and oxygen atoms in total. The number of rotatable bonds is 5. The van der Waals surface area contributed by atoms with Crippen LogP contribution in [0.25, 0.3) is 11.5 Å². The van der Waals surface area contributed by atoms with Crippen molar-refractivity contribution >= 4 is 17.6 Å². The van der Waals surface area contributed by atoms with Crippen molar-refractivity contribution in [2.24, 2.45) is 0 Å². The molecule has 30 heavy (non-hydrogen) atoms. The monoisotopic (exact) mass is 430 g/mol. The highest BCUT2D eigenvalue weighted by atomic mass is 35.5. The average Bonchev–Trinajstić information content (AvgIpc) is 3.27. The number of ether oxygens (including phenoxy) is 1. The zero-order chi connectivity index (χ0) is 21.1. The van der Waals surface area contributed by atoms with E-state index in [1.807, 2.05) is 23.1 Å². The fourth-order valence-corrected chi connectivity index (χ4v) is 4.00. The van der Waals surface area contributed by atoms with E-state index >= 15 is 0 Å². The van der Waals surface area contributed by atoms with Crippen LogP contribution in [0.3, 0.4) is 0 Å². The van der Waals surface area contributed by atoms with Gasteiger partial charge in [0.05, 0.1) is 7.11 Å². The van der Waals surface area contributed by atoms with Crippen molar-refractivity contribution < 1.29 is 18.4 Å². The van der Waals surface area contributed by atoms with Crippen molar-refractivity contribution in [2.75, 3.05) is 20.2 Å². The number of esters is 1. The molecule has 0 saturated carbocycles. The highest BCUT2D eigenvalue weighted by Gasteiger charge is 2.36. The Labute approximate surface area is 177 Å². The van der Waals surface area contributed by atoms with Gasteiger partial charge in [-0.1, -0.05) is 28.9 Å². The molecular weight excluding hydrogens is 411 g/mol. The summed E-state index contributed by atoms with van der Waals surface area (Å²) in [5.41, 5.74) is 0.782. The fourth-order valence-electron chi connectivity index (χ4n) is 3.74. The molecule has 1 aliphatic heterocycles. The molecule has 3 aromatic rings. The van der Waals surface area contributed by atoms with Crippen LogP contribution in [0.5, 0.6) is 0 Å². The smallest absolute Gasteiger partial charge is 0.327 e. The molecule has 1 aliphatic rings. The summed E-state index contributed by atoms with van der Waals surface area (Å²) in [6, 6.07) is 8.96. The van der Waals surface area contributed by atoms with Crippen molar-refractivity contribution in [1.82, 2.24) is 20.0 Å². The molecule has 1 atom stereocenters. The van der Waals surface area contributed by atoms with Crippen LogP contribution in [0.4, 0.5) is 4.39 Å². The summed E-state index contributed by atoms with van der Waals surface area (Å²) in [6.45, 7) is 1.05. The van der Waals surface area contributed by atoms with Gasteiger partial charge in [0.25, 0.3) is 0 Å². The maximum atomic E-state index is 14.5. The first kappa shape index (κ1) is 20.4. The van der Waals surface area contributed by atoms with E-state index in [4.69, 9.17) is 20.9 Å². The lowest BCUT2D eigenvalue weighted by molar-refractivity contribution is -0.148. The molecule has 156 valence electrons. The molecule has 0 aliphatic carbocycles. The van der Waals surface area contributed by atoms with Gasteiger partial charge in [0, 0.05) is 35.8 Å². The van der Waals surface area contributed by atoms with Gasteiger partial charge >= 0.3 is 5.97 Å². The minimum Gasteiger partial charge on any atom is -0.468 e. The molecular formula is C21H20ClFN4O3. The lowest BCUT2D eigenvalue weighted by atomic mass is 9.94. The van der Waals surface area contributed by atoms with Gasteiger partial charge in [-0.15, -0.1) is 0 Å². The van der Waals surface area contributed by atoms with Crippen LogP contribution in [0.15, 0.2) is 47.1 Å². The SMILES string of the molecule is COC(=O)[C@@H](c1c(F)cccc1Cl)N1CCC(c2nc(-c3ccccn3)no2)CC1. The molecule has 0 amide bonds. The maximum Gasteiger partial charge on any atom is 0.327 e. The standard InChI is InChI=1S/C21H20ClFN4O3/c1-29-21(28)18(17-14(22)5-4-6-15(17)23)27-11-8-13(9-12-27)20-25-19(26-30-20)16-7-2-3-10-24-16/h2-7,10,13,18H,8-9,11-12H2,1H3/t18-/m1/s1. The summed E-state index contributed by atoms with van der Waals surface area (Å²) in [5, 5.41) is 4.22. The van der Waals surface area contributed by atoms with E-state index in [1.54, 1.807) is 12.3 Å². The first-order valence-electron chi connectivity index (χ1n) is 9.59. The van der Waals surface area contributed by atoms with Crippen LogP contribution in [-0.4, -0.2) is 46.2 Å². The minimum atomic E-state index is -0.906. The van der Waals surface area contributed by atoms with E-state index in [-0.39, 0.29) is 16.5 Å². The Morgan fingerprint density at radius 1 is 1.27 bits per heavy atom. The van der Waals surface area contributed by atoms with Crippen LogP contribution in [0, 0.1) is 5.82 Å². The third-order valence-electron chi connectivity index (χ3n) is 5.28. The van der Waals surface area contributed by atoms with Crippen molar-refractivity contribution in [3.05, 3.63) is 64.9 Å². The zero-order valence-electron chi connectivity index (χ0n) is 16.3. The van der Waals surface area contributed by atoms with E-state index in [9.17, 15) is 9.18 Å². The van der Waals surface area contributed by atoms with Crippen LogP contribution in [-0.2, 0) is 9.53 Å². The number of carbonyl (C=O) groups excluding carboxylic acids is 1. The molecule has 4 rings (SSSR count). The van der Waals surface area contributed by atoms with Gasteiger partial charge in [-0.2, -0.15) is 4.98 Å². The number of benzene rings is 1.